The number of amides is 1. The van der Waals surface area contributed by atoms with E-state index in [4.69, 9.17) is 4.74 Å². The Morgan fingerprint density at radius 2 is 1.51 bits per heavy atom. The maximum atomic E-state index is 13.2. The van der Waals surface area contributed by atoms with Crippen molar-refractivity contribution in [3.05, 3.63) is 102 Å². The Hall–Kier alpha value is -3.64. The minimum Gasteiger partial charge on any atom is -0.454 e. The Labute approximate surface area is 219 Å². The SMILES string of the molecule is CCC(=O)OC1(c2ccccc2)CCN(CCN2c3ccccc3C(=O)N(C)C2c2ccccc2)CC1. The highest BCUT2D eigenvalue weighted by Crippen LogP contribution is 2.39. The third-order valence-electron chi connectivity index (χ3n) is 7.74. The van der Waals surface area contributed by atoms with E-state index in [9.17, 15) is 9.59 Å². The number of rotatable bonds is 7. The fraction of sp³-hybridized carbons (Fsp3) is 0.355. The number of ether oxygens (including phenoxy) is 1. The van der Waals surface area contributed by atoms with Crippen LogP contribution in [0.2, 0.25) is 0 Å². The van der Waals surface area contributed by atoms with Crippen LogP contribution in [-0.4, -0.2) is 54.9 Å². The summed E-state index contributed by atoms with van der Waals surface area (Å²) in [5, 5.41) is 0. The third-order valence-corrected chi connectivity index (χ3v) is 7.74. The molecule has 0 spiro atoms. The molecule has 1 atom stereocenters. The number of nitrogens with zero attached hydrogens (tertiary/aromatic N) is 3. The van der Waals surface area contributed by atoms with Crippen LogP contribution >= 0.6 is 0 Å². The number of likely N-dealkylation sites (tertiary alicyclic amines) is 1. The molecule has 1 saturated heterocycles. The smallest absolute Gasteiger partial charge is 0.306 e. The van der Waals surface area contributed by atoms with Crippen LogP contribution in [0, 0.1) is 0 Å². The second-order valence-electron chi connectivity index (χ2n) is 9.94. The zero-order valence-electron chi connectivity index (χ0n) is 21.7. The molecular weight excluding hydrogens is 462 g/mol. The number of carbonyl (C=O) groups excluding carboxylic acids is 2. The second-order valence-corrected chi connectivity index (χ2v) is 9.94. The van der Waals surface area contributed by atoms with Crippen LogP contribution in [0.4, 0.5) is 5.69 Å². The number of hydrogen-bond donors (Lipinski definition) is 0. The summed E-state index contributed by atoms with van der Waals surface area (Å²) in [6, 6.07) is 28.3. The van der Waals surface area contributed by atoms with Gasteiger partial charge in [-0.3, -0.25) is 9.59 Å². The van der Waals surface area contributed by atoms with Gasteiger partial charge in [-0.25, -0.2) is 0 Å². The summed E-state index contributed by atoms with van der Waals surface area (Å²) in [6.07, 6.45) is 1.74. The molecular formula is C31H35N3O3. The minimum atomic E-state index is -0.568. The molecule has 2 aliphatic rings. The normalized spacial score (nSPS) is 19.4. The zero-order chi connectivity index (χ0) is 25.8. The van der Waals surface area contributed by atoms with Gasteiger partial charge in [0.1, 0.15) is 11.8 Å². The maximum absolute atomic E-state index is 13.2. The molecule has 1 fully saturated rings. The first-order valence-electron chi connectivity index (χ1n) is 13.2. The minimum absolute atomic E-state index is 0.0454. The van der Waals surface area contributed by atoms with Gasteiger partial charge in [-0.05, 0) is 23.3 Å². The summed E-state index contributed by atoms with van der Waals surface area (Å²) in [5.41, 5.74) is 3.33. The predicted octanol–water partition coefficient (Wildman–Crippen LogP) is 5.22. The van der Waals surface area contributed by atoms with E-state index in [1.54, 1.807) is 0 Å². The van der Waals surface area contributed by atoms with Gasteiger partial charge in [0.25, 0.3) is 5.91 Å². The van der Waals surface area contributed by atoms with Crippen molar-refractivity contribution in [1.29, 1.82) is 0 Å². The molecule has 0 aromatic heterocycles. The number of para-hydroxylation sites is 1. The van der Waals surface area contributed by atoms with Gasteiger partial charge in [-0.2, -0.15) is 0 Å². The molecule has 1 unspecified atom stereocenters. The van der Waals surface area contributed by atoms with Crippen LogP contribution in [0.1, 0.15) is 53.8 Å². The average molecular weight is 498 g/mol. The number of fused-ring (bicyclic) bond motifs is 1. The van der Waals surface area contributed by atoms with E-state index in [0.29, 0.717) is 6.42 Å². The molecule has 6 heteroatoms. The lowest BCUT2D eigenvalue weighted by Crippen LogP contribution is -2.51. The van der Waals surface area contributed by atoms with E-state index in [1.807, 2.05) is 73.5 Å². The summed E-state index contributed by atoms with van der Waals surface area (Å²) in [5.74, 6) is -0.107. The molecule has 0 bridgehead atoms. The van der Waals surface area contributed by atoms with Gasteiger partial charge in [0, 0.05) is 52.5 Å². The van der Waals surface area contributed by atoms with Crippen LogP contribution < -0.4 is 4.90 Å². The molecule has 2 heterocycles. The van der Waals surface area contributed by atoms with Crippen LogP contribution in [-0.2, 0) is 15.1 Å². The van der Waals surface area contributed by atoms with E-state index in [2.05, 4.69) is 40.1 Å². The molecule has 0 radical (unpaired) electrons. The average Bonchev–Trinajstić information content (AvgIpc) is 2.96. The van der Waals surface area contributed by atoms with Crippen molar-refractivity contribution in [3.63, 3.8) is 0 Å². The highest BCUT2D eigenvalue weighted by Gasteiger charge is 2.40. The quantitative estimate of drug-likeness (QED) is 0.419. The van der Waals surface area contributed by atoms with Crippen LogP contribution in [0.15, 0.2) is 84.9 Å². The lowest BCUT2D eigenvalue weighted by molar-refractivity contribution is -0.166. The lowest BCUT2D eigenvalue weighted by Gasteiger charge is -2.46. The van der Waals surface area contributed by atoms with Crippen LogP contribution in [0.5, 0.6) is 0 Å². The van der Waals surface area contributed by atoms with Gasteiger partial charge in [0.05, 0.1) is 11.3 Å². The molecule has 6 nitrogen and oxygen atoms in total. The largest absolute Gasteiger partial charge is 0.454 e. The predicted molar refractivity (Wildman–Crippen MR) is 145 cm³/mol. The van der Waals surface area contributed by atoms with Gasteiger partial charge in [-0.1, -0.05) is 79.7 Å². The Bertz CT molecular complexity index is 1220. The van der Waals surface area contributed by atoms with Crippen molar-refractivity contribution in [1.82, 2.24) is 9.80 Å². The van der Waals surface area contributed by atoms with Gasteiger partial charge >= 0.3 is 5.97 Å². The molecule has 3 aromatic rings. The third kappa shape index (κ3) is 4.98. The molecule has 5 rings (SSSR count). The molecule has 192 valence electrons. The van der Waals surface area contributed by atoms with Crippen molar-refractivity contribution < 1.29 is 14.3 Å². The van der Waals surface area contributed by atoms with Crippen molar-refractivity contribution in [2.24, 2.45) is 0 Å². The van der Waals surface area contributed by atoms with Gasteiger partial charge in [-0.15, -0.1) is 0 Å². The Morgan fingerprint density at radius 1 is 0.892 bits per heavy atom. The Kier molecular flexibility index (Phi) is 7.28. The fourth-order valence-corrected chi connectivity index (χ4v) is 5.69. The number of piperidine rings is 1. The highest BCUT2D eigenvalue weighted by atomic mass is 16.6. The number of anilines is 1. The summed E-state index contributed by atoms with van der Waals surface area (Å²) in [6.45, 7) is 5.16. The van der Waals surface area contributed by atoms with Gasteiger partial charge in [0.2, 0.25) is 0 Å². The van der Waals surface area contributed by atoms with Crippen molar-refractivity contribution in [2.75, 3.05) is 38.1 Å². The Morgan fingerprint density at radius 3 is 2.19 bits per heavy atom. The van der Waals surface area contributed by atoms with Crippen molar-refractivity contribution >= 4 is 17.6 Å². The maximum Gasteiger partial charge on any atom is 0.306 e. The summed E-state index contributed by atoms with van der Waals surface area (Å²) in [7, 11) is 1.89. The number of hydrogen-bond acceptors (Lipinski definition) is 5. The molecule has 2 aliphatic heterocycles. The lowest BCUT2D eigenvalue weighted by atomic mass is 9.84. The van der Waals surface area contributed by atoms with Crippen LogP contribution in [0.3, 0.4) is 0 Å². The number of esters is 1. The molecule has 0 saturated carbocycles. The number of benzene rings is 3. The van der Waals surface area contributed by atoms with Crippen molar-refractivity contribution in [3.8, 4) is 0 Å². The summed E-state index contributed by atoms with van der Waals surface area (Å²) in [4.78, 5) is 32.2. The van der Waals surface area contributed by atoms with E-state index < -0.39 is 5.60 Å². The summed E-state index contributed by atoms with van der Waals surface area (Å²) < 4.78 is 6.08. The van der Waals surface area contributed by atoms with Gasteiger partial charge < -0.3 is 19.4 Å². The Balaban J connectivity index is 1.34. The molecule has 37 heavy (non-hydrogen) atoms. The van der Waals surface area contributed by atoms with E-state index >= 15 is 0 Å². The van der Waals surface area contributed by atoms with Crippen LogP contribution in [0.25, 0.3) is 0 Å². The topological polar surface area (TPSA) is 53.1 Å². The first kappa shape index (κ1) is 25.0. The summed E-state index contributed by atoms with van der Waals surface area (Å²) >= 11 is 0. The standard InChI is InChI=1S/C31H35N3O3/c1-3-28(35)37-31(25-14-8-5-9-15-25)18-20-33(21-19-31)22-23-34-27-17-11-10-16-26(27)30(36)32(2)29(34)24-12-6-4-7-13-24/h4-17,29H,3,18-23H2,1-2H3. The van der Waals surface area contributed by atoms with Crippen molar-refractivity contribution in [2.45, 2.75) is 38.0 Å². The molecule has 0 N–H and O–H groups in total. The molecule has 0 aliphatic carbocycles. The van der Waals surface area contributed by atoms with Gasteiger partial charge in [0.15, 0.2) is 0 Å². The molecule has 1 amide bonds. The first-order valence-corrected chi connectivity index (χ1v) is 13.2. The number of carbonyl (C=O) groups is 2. The second kappa shape index (κ2) is 10.8. The van der Waals surface area contributed by atoms with E-state index in [1.165, 1.54) is 0 Å². The van der Waals surface area contributed by atoms with E-state index in [0.717, 1.165) is 61.4 Å². The molecule has 3 aromatic carbocycles. The van der Waals surface area contributed by atoms with E-state index in [-0.39, 0.29) is 18.0 Å². The highest BCUT2D eigenvalue weighted by molar-refractivity contribution is 6.01. The monoisotopic (exact) mass is 497 g/mol. The first-order chi connectivity index (χ1) is 18.0. The zero-order valence-corrected chi connectivity index (χ0v) is 21.7. The fourth-order valence-electron chi connectivity index (χ4n) is 5.69.